The minimum atomic E-state index is 0.519. The van der Waals surface area contributed by atoms with E-state index in [0.29, 0.717) is 22.7 Å². The number of aromatic nitrogens is 3. The Kier molecular flexibility index (Phi) is 6.55. The summed E-state index contributed by atoms with van der Waals surface area (Å²) in [6.07, 6.45) is 0. The third kappa shape index (κ3) is 5.65. The molecule has 1 aromatic heterocycles. The van der Waals surface area contributed by atoms with Crippen LogP contribution in [0.1, 0.15) is 19.7 Å². The summed E-state index contributed by atoms with van der Waals surface area (Å²) in [6, 6.07) is 7.41. The third-order valence-electron chi connectivity index (χ3n) is 3.45. The van der Waals surface area contributed by atoms with Gasteiger partial charge in [-0.05, 0) is 44.3 Å². The summed E-state index contributed by atoms with van der Waals surface area (Å²) in [5, 5.41) is 7.11. The average molecular weight is 335 g/mol. The van der Waals surface area contributed by atoms with Gasteiger partial charge in [-0.2, -0.15) is 15.0 Å². The monoisotopic (exact) mass is 334 g/mol. The Morgan fingerprint density at radius 1 is 1.00 bits per heavy atom. The summed E-state index contributed by atoms with van der Waals surface area (Å²) >= 11 is 5.89. The standard InChI is InChI=1S/C16H23ClN6/c1-4-23(5-2)11-10-18-15-19-12(3)20-16(22-15)21-14-8-6-13(17)7-9-14/h6-9H,4-5,10-11H2,1-3H3,(H2,18,19,20,21,22). The Balaban J connectivity index is 1.99. The highest BCUT2D eigenvalue weighted by atomic mass is 35.5. The van der Waals surface area contributed by atoms with Crippen LogP contribution >= 0.6 is 11.6 Å². The van der Waals surface area contributed by atoms with E-state index in [1.807, 2.05) is 31.2 Å². The van der Waals surface area contributed by atoms with Gasteiger partial charge in [0.25, 0.3) is 0 Å². The van der Waals surface area contributed by atoms with Gasteiger partial charge in [0.2, 0.25) is 11.9 Å². The van der Waals surface area contributed by atoms with Gasteiger partial charge in [0.15, 0.2) is 0 Å². The summed E-state index contributed by atoms with van der Waals surface area (Å²) in [6.45, 7) is 10.00. The van der Waals surface area contributed by atoms with E-state index in [0.717, 1.165) is 31.9 Å². The van der Waals surface area contributed by atoms with Gasteiger partial charge >= 0.3 is 0 Å². The van der Waals surface area contributed by atoms with Crippen LogP contribution in [-0.4, -0.2) is 46.0 Å². The maximum atomic E-state index is 5.89. The fourth-order valence-corrected chi connectivity index (χ4v) is 2.27. The fourth-order valence-electron chi connectivity index (χ4n) is 2.14. The number of likely N-dealkylation sites (N-methyl/N-ethyl adjacent to an activating group) is 1. The van der Waals surface area contributed by atoms with Crippen molar-refractivity contribution in [1.82, 2.24) is 19.9 Å². The topological polar surface area (TPSA) is 66.0 Å². The van der Waals surface area contributed by atoms with Crippen molar-refractivity contribution in [1.29, 1.82) is 0 Å². The quantitative estimate of drug-likeness (QED) is 0.772. The normalized spacial score (nSPS) is 10.8. The SMILES string of the molecule is CCN(CC)CCNc1nc(C)nc(Nc2ccc(Cl)cc2)n1. The van der Waals surface area contributed by atoms with Gasteiger partial charge in [0, 0.05) is 23.8 Å². The first-order valence-corrected chi connectivity index (χ1v) is 8.20. The molecule has 0 radical (unpaired) electrons. The number of halogens is 1. The second-order valence-corrected chi connectivity index (χ2v) is 5.55. The summed E-state index contributed by atoms with van der Waals surface area (Å²) in [5.41, 5.74) is 0.883. The van der Waals surface area contributed by atoms with Crippen molar-refractivity contribution in [3.63, 3.8) is 0 Å². The van der Waals surface area contributed by atoms with Crippen LogP contribution in [0.4, 0.5) is 17.6 Å². The van der Waals surface area contributed by atoms with Crippen LogP contribution in [0.25, 0.3) is 0 Å². The molecule has 124 valence electrons. The largest absolute Gasteiger partial charge is 0.353 e. The third-order valence-corrected chi connectivity index (χ3v) is 3.71. The molecular weight excluding hydrogens is 312 g/mol. The van der Waals surface area contributed by atoms with E-state index < -0.39 is 0 Å². The number of nitrogens with one attached hydrogen (secondary N) is 2. The van der Waals surface area contributed by atoms with Gasteiger partial charge in [-0.15, -0.1) is 0 Å². The van der Waals surface area contributed by atoms with E-state index >= 15 is 0 Å². The molecule has 0 spiro atoms. The minimum Gasteiger partial charge on any atom is -0.353 e. The number of benzene rings is 1. The van der Waals surface area contributed by atoms with Crippen LogP contribution < -0.4 is 10.6 Å². The molecule has 1 heterocycles. The van der Waals surface area contributed by atoms with Crippen molar-refractivity contribution in [3.8, 4) is 0 Å². The molecule has 0 unspecified atom stereocenters. The molecule has 2 rings (SSSR count). The predicted molar refractivity (Wildman–Crippen MR) is 95.6 cm³/mol. The maximum Gasteiger partial charge on any atom is 0.232 e. The first-order valence-electron chi connectivity index (χ1n) is 7.82. The van der Waals surface area contributed by atoms with E-state index in [4.69, 9.17) is 11.6 Å². The van der Waals surface area contributed by atoms with Gasteiger partial charge in [-0.3, -0.25) is 0 Å². The zero-order chi connectivity index (χ0) is 16.7. The van der Waals surface area contributed by atoms with E-state index in [1.54, 1.807) is 0 Å². The van der Waals surface area contributed by atoms with Crippen LogP contribution in [0.3, 0.4) is 0 Å². The van der Waals surface area contributed by atoms with Gasteiger partial charge in [0.1, 0.15) is 5.82 Å². The highest BCUT2D eigenvalue weighted by Crippen LogP contribution is 2.17. The molecule has 0 saturated heterocycles. The van der Waals surface area contributed by atoms with Gasteiger partial charge < -0.3 is 15.5 Å². The van der Waals surface area contributed by atoms with Crippen molar-refractivity contribution in [3.05, 3.63) is 35.1 Å². The van der Waals surface area contributed by atoms with Crippen molar-refractivity contribution in [2.24, 2.45) is 0 Å². The molecule has 6 nitrogen and oxygen atoms in total. The van der Waals surface area contributed by atoms with Crippen molar-refractivity contribution >= 4 is 29.2 Å². The first-order chi connectivity index (χ1) is 11.1. The number of aryl methyl sites for hydroxylation is 1. The fraction of sp³-hybridized carbons (Fsp3) is 0.438. The zero-order valence-electron chi connectivity index (χ0n) is 13.8. The van der Waals surface area contributed by atoms with Gasteiger partial charge in [-0.1, -0.05) is 25.4 Å². The highest BCUT2D eigenvalue weighted by Gasteiger charge is 2.05. The van der Waals surface area contributed by atoms with E-state index in [1.165, 1.54) is 0 Å². The second kappa shape index (κ2) is 8.64. The van der Waals surface area contributed by atoms with Crippen molar-refractivity contribution < 1.29 is 0 Å². The van der Waals surface area contributed by atoms with Crippen LogP contribution in [0.5, 0.6) is 0 Å². The Bertz CT molecular complexity index is 612. The van der Waals surface area contributed by atoms with E-state index in [9.17, 15) is 0 Å². The Hall–Kier alpha value is -1.92. The molecule has 7 heteroatoms. The van der Waals surface area contributed by atoms with E-state index in [2.05, 4.69) is 44.3 Å². The van der Waals surface area contributed by atoms with Gasteiger partial charge in [0.05, 0.1) is 0 Å². The summed E-state index contributed by atoms with van der Waals surface area (Å²) in [4.78, 5) is 15.4. The number of rotatable bonds is 8. The highest BCUT2D eigenvalue weighted by molar-refractivity contribution is 6.30. The zero-order valence-corrected chi connectivity index (χ0v) is 14.6. The first kappa shape index (κ1) is 17.4. The van der Waals surface area contributed by atoms with Crippen molar-refractivity contribution in [2.45, 2.75) is 20.8 Å². The van der Waals surface area contributed by atoms with Crippen LogP contribution in [0.2, 0.25) is 5.02 Å². The second-order valence-electron chi connectivity index (χ2n) is 5.12. The lowest BCUT2D eigenvalue weighted by Gasteiger charge is -2.18. The minimum absolute atomic E-state index is 0.519. The summed E-state index contributed by atoms with van der Waals surface area (Å²) in [5.74, 6) is 1.77. The Morgan fingerprint density at radius 3 is 2.30 bits per heavy atom. The average Bonchev–Trinajstić information content (AvgIpc) is 2.53. The number of nitrogens with zero attached hydrogens (tertiary/aromatic N) is 4. The van der Waals surface area contributed by atoms with E-state index in [-0.39, 0.29) is 0 Å². The molecule has 0 atom stereocenters. The molecule has 0 aliphatic carbocycles. The number of anilines is 3. The molecule has 2 N–H and O–H groups in total. The van der Waals surface area contributed by atoms with Crippen LogP contribution in [0, 0.1) is 6.92 Å². The molecule has 2 aromatic rings. The molecule has 0 aliphatic heterocycles. The van der Waals surface area contributed by atoms with Crippen LogP contribution in [0.15, 0.2) is 24.3 Å². The predicted octanol–water partition coefficient (Wildman–Crippen LogP) is 3.33. The molecule has 23 heavy (non-hydrogen) atoms. The molecule has 1 aromatic carbocycles. The molecule has 0 fully saturated rings. The summed E-state index contributed by atoms with van der Waals surface area (Å²) < 4.78 is 0. The number of hydrogen-bond acceptors (Lipinski definition) is 6. The van der Waals surface area contributed by atoms with Gasteiger partial charge in [-0.25, -0.2) is 0 Å². The molecule has 0 bridgehead atoms. The summed E-state index contributed by atoms with van der Waals surface area (Å²) in [7, 11) is 0. The molecular formula is C16H23ClN6. The Labute approximate surface area is 142 Å². The Morgan fingerprint density at radius 2 is 1.65 bits per heavy atom. The van der Waals surface area contributed by atoms with Crippen molar-refractivity contribution in [2.75, 3.05) is 36.8 Å². The maximum absolute atomic E-state index is 5.89. The smallest absolute Gasteiger partial charge is 0.232 e. The van der Waals surface area contributed by atoms with Crippen LogP contribution in [-0.2, 0) is 0 Å². The molecule has 0 amide bonds. The number of hydrogen-bond donors (Lipinski definition) is 2. The molecule has 0 saturated carbocycles. The lowest BCUT2D eigenvalue weighted by Crippen LogP contribution is -2.29. The lowest BCUT2D eigenvalue weighted by molar-refractivity contribution is 0.316. The lowest BCUT2D eigenvalue weighted by atomic mass is 10.3. The molecule has 0 aliphatic rings.